The van der Waals surface area contributed by atoms with Gasteiger partial charge < -0.3 is 10.4 Å². The summed E-state index contributed by atoms with van der Waals surface area (Å²) in [5.41, 5.74) is -0.103. The van der Waals surface area contributed by atoms with Gasteiger partial charge in [-0.15, -0.1) is 0 Å². The van der Waals surface area contributed by atoms with Crippen molar-refractivity contribution in [3.63, 3.8) is 0 Å². The molecule has 0 saturated heterocycles. The van der Waals surface area contributed by atoms with E-state index in [1.165, 1.54) is 42.5 Å². The maximum Gasteiger partial charge on any atom is 0.282 e. The molecule has 0 atom stereocenters. The van der Waals surface area contributed by atoms with Crippen LogP contribution in [-0.2, 0) is 0 Å². The molecule has 0 saturated carbocycles. The number of rotatable bonds is 3. The predicted octanol–water partition coefficient (Wildman–Crippen LogP) is 3.21. The van der Waals surface area contributed by atoms with Crippen LogP contribution in [0, 0.1) is 10.1 Å². The summed E-state index contributed by atoms with van der Waals surface area (Å²) in [6.07, 6.45) is 0. The van der Waals surface area contributed by atoms with E-state index in [0.29, 0.717) is 0 Å². The molecule has 2 aromatic carbocycles. The van der Waals surface area contributed by atoms with Crippen LogP contribution < -0.4 is 5.32 Å². The topological polar surface area (TPSA) is 92.5 Å². The zero-order chi connectivity index (χ0) is 14.7. The Morgan fingerprint density at radius 3 is 2.60 bits per heavy atom. The van der Waals surface area contributed by atoms with E-state index < -0.39 is 10.8 Å². The van der Waals surface area contributed by atoms with Gasteiger partial charge in [0.25, 0.3) is 11.6 Å². The average Bonchev–Trinajstić information content (AvgIpc) is 2.41. The van der Waals surface area contributed by atoms with Gasteiger partial charge in [0.2, 0.25) is 0 Å². The van der Waals surface area contributed by atoms with Gasteiger partial charge in [-0.1, -0.05) is 23.7 Å². The highest BCUT2D eigenvalue weighted by molar-refractivity contribution is 6.34. The van der Waals surface area contributed by atoms with Crippen molar-refractivity contribution < 1.29 is 14.8 Å². The molecule has 7 heteroatoms. The monoisotopic (exact) mass is 292 g/mol. The quantitative estimate of drug-likeness (QED) is 0.516. The molecule has 0 unspecified atom stereocenters. The lowest BCUT2D eigenvalue weighted by molar-refractivity contribution is -0.385. The van der Waals surface area contributed by atoms with Gasteiger partial charge in [-0.3, -0.25) is 14.9 Å². The first-order chi connectivity index (χ1) is 9.49. The lowest BCUT2D eigenvalue weighted by atomic mass is 10.1. The van der Waals surface area contributed by atoms with Crippen molar-refractivity contribution in [2.45, 2.75) is 0 Å². The minimum atomic E-state index is -0.648. The normalized spacial score (nSPS) is 10.1. The van der Waals surface area contributed by atoms with Gasteiger partial charge in [-0.2, -0.15) is 0 Å². The highest BCUT2D eigenvalue weighted by Crippen LogP contribution is 2.27. The fourth-order valence-electron chi connectivity index (χ4n) is 1.62. The molecule has 0 aliphatic rings. The van der Waals surface area contributed by atoms with E-state index in [4.69, 9.17) is 11.6 Å². The minimum Gasteiger partial charge on any atom is -0.508 e. The second-order valence-electron chi connectivity index (χ2n) is 3.89. The van der Waals surface area contributed by atoms with Crippen molar-refractivity contribution in [2.24, 2.45) is 0 Å². The number of aromatic hydroxyl groups is 1. The minimum absolute atomic E-state index is 0.0429. The van der Waals surface area contributed by atoms with Crippen molar-refractivity contribution in [1.82, 2.24) is 0 Å². The number of amides is 1. The molecular formula is C13H9ClN2O4. The summed E-state index contributed by atoms with van der Waals surface area (Å²) < 4.78 is 0. The smallest absolute Gasteiger partial charge is 0.282 e. The van der Waals surface area contributed by atoms with Gasteiger partial charge in [-0.05, 0) is 18.2 Å². The van der Waals surface area contributed by atoms with Crippen molar-refractivity contribution >= 4 is 28.9 Å². The number of halogens is 1. The Labute approximate surface area is 118 Å². The lowest BCUT2D eigenvalue weighted by Gasteiger charge is -2.07. The van der Waals surface area contributed by atoms with Crippen LogP contribution >= 0.6 is 11.6 Å². The second kappa shape index (κ2) is 5.58. The number of hydrogen-bond donors (Lipinski definition) is 2. The molecule has 2 N–H and O–H groups in total. The third-order valence-electron chi connectivity index (χ3n) is 2.55. The van der Waals surface area contributed by atoms with Crippen LogP contribution in [-0.4, -0.2) is 15.9 Å². The Morgan fingerprint density at radius 2 is 1.95 bits per heavy atom. The van der Waals surface area contributed by atoms with Gasteiger partial charge in [0.05, 0.1) is 15.6 Å². The predicted molar refractivity (Wildman–Crippen MR) is 74.2 cm³/mol. The molecule has 2 aromatic rings. The van der Waals surface area contributed by atoms with E-state index in [-0.39, 0.29) is 27.7 Å². The summed E-state index contributed by atoms with van der Waals surface area (Å²) in [4.78, 5) is 22.3. The van der Waals surface area contributed by atoms with Crippen LogP contribution in [0.4, 0.5) is 11.4 Å². The molecule has 2 rings (SSSR count). The SMILES string of the molecule is O=C(Nc1ccc(O)cc1Cl)c1ccccc1[N+](=O)[O-]. The van der Waals surface area contributed by atoms with Crippen LogP contribution in [0.2, 0.25) is 5.02 Å². The number of nitrogens with one attached hydrogen (secondary N) is 1. The molecular weight excluding hydrogens is 284 g/mol. The molecule has 0 aliphatic carbocycles. The molecule has 6 nitrogen and oxygen atoms in total. The van der Waals surface area contributed by atoms with E-state index >= 15 is 0 Å². The fraction of sp³-hybridized carbons (Fsp3) is 0. The van der Waals surface area contributed by atoms with Crippen LogP contribution in [0.25, 0.3) is 0 Å². The van der Waals surface area contributed by atoms with Crippen LogP contribution in [0.1, 0.15) is 10.4 Å². The second-order valence-corrected chi connectivity index (χ2v) is 4.30. The molecule has 0 bridgehead atoms. The van der Waals surface area contributed by atoms with Gasteiger partial charge in [0, 0.05) is 12.1 Å². The standard InChI is InChI=1S/C13H9ClN2O4/c14-10-7-8(17)5-6-11(10)15-13(18)9-3-1-2-4-12(9)16(19)20/h1-7,17H,(H,15,18). The third-order valence-corrected chi connectivity index (χ3v) is 2.86. The van der Waals surface area contributed by atoms with Gasteiger partial charge in [-0.25, -0.2) is 0 Å². The summed E-state index contributed by atoms with van der Waals surface area (Å²) in [5, 5.41) is 22.7. The molecule has 0 spiro atoms. The summed E-state index contributed by atoms with van der Waals surface area (Å²) in [6, 6.07) is 9.61. The molecule has 102 valence electrons. The maximum atomic E-state index is 12.0. The van der Waals surface area contributed by atoms with Crippen molar-refractivity contribution in [3.8, 4) is 5.75 Å². The zero-order valence-corrected chi connectivity index (χ0v) is 10.8. The molecule has 0 aliphatic heterocycles. The number of para-hydroxylation sites is 1. The number of nitro groups is 1. The Morgan fingerprint density at radius 1 is 1.25 bits per heavy atom. The Balaban J connectivity index is 2.31. The number of carbonyl (C=O) groups excluding carboxylic acids is 1. The summed E-state index contributed by atoms with van der Waals surface area (Å²) in [5.74, 6) is -0.691. The van der Waals surface area contributed by atoms with Gasteiger partial charge in [0.1, 0.15) is 11.3 Å². The third kappa shape index (κ3) is 2.86. The molecule has 1 amide bonds. The fourth-order valence-corrected chi connectivity index (χ4v) is 1.84. The Bertz CT molecular complexity index is 688. The zero-order valence-electron chi connectivity index (χ0n) is 10.0. The molecule has 0 fully saturated rings. The number of benzene rings is 2. The number of nitrogens with zero attached hydrogens (tertiary/aromatic N) is 1. The number of carbonyl (C=O) groups is 1. The number of phenolic OH excluding ortho intramolecular Hbond substituents is 1. The average molecular weight is 293 g/mol. The first-order valence-corrected chi connectivity index (χ1v) is 5.90. The molecule has 0 aromatic heterocycles. The lowest BCUT2D eigenvalue weighted by Crippen LogP contribution is -2.14. The van der Waals surface area contributed by atoms with E-state index in [0.717, 1.165) is 0 Å². The van der Waals surface area contributed by atoms with Crippen molar-refractivity contribution in [1.29, 1.82) is 0 Å². The molecule has 0 heterocycles. The highest BCUT2D eigenvalue weighted by atomic mass is 35.5. The number of hydrogen-bond acceptors (Lipinski definition) is 4. The van der Waals surface area contributed by atoms with Crippen LogP contribution in [0.15, 0.2) is 42.5 Å². The van der Waals surface area contributed by atoms with E-state index in [2.05, 4.69) is 5.32 Å². The first kappa shape index (κ1) is 13.8. The Hall–Kier alpha value is -2.60. The van der Waals surface area contributed by atoms with E-state index in [1.54, 1.807) is 0 Å². The van der Waals surface area contributed by atoms with Gasteiger partial charge in [0.15, 0.2) is 0 Å². The number of nitro benzene ring substituents is 1. The van der Waals surface area contributed by atoms with Crippen LogP contribution in [0.3, 0.4) is 0 Å². The molecule has 0 radical (unpaired) electrons. The Kier molecular flexibility index (Phi) is 3.86. The largest absolute Gasteiger partial charge is 0.508 e. The first-order valence-electron chi connectivity index (χ1n) is 5.52. The molecule has 20 heavy (non-hydrogen) atoms. The summed E-state index contributed by atoms with van der Waals surface area (Å²) >= 11 is 5.85. The van der Waals surface area contributed by atoms with Crippen LogP contribution in [0.5, 0.6) is 5.75 Å². The number of phenols is 1. The highest BCUT2D eigenvalue weighted by Gasteiger charge is 2.19. The maximum absolute atomic E-state index is 12.0. The number of anilines is 1. The van der Waals surface area contributed by atoms with E-state index in [1.807, 2.05) is 0 Å². The summed E-state index contributed by atoms with van der Waals surface area (Å²) in [7, 11) is 0. The van der Waals surface area contributed by atoms with Gasteiger partial charge >= 0.3 is 0 Å². The van der Waals surface area contributed by atoms with E-state index in [9.17, 15) is 20.0 Å². The van der Waals surface area contributed by atoms with Crippen molar-refractivity contribution in [2.75, 3.05) is 5.32 Å². The summed E-state index contributed by atoms with van der Waals surface area (Å²) in [6.45, 7) is 0. The van der Waals surface area contributed by atoms with Crippen molar-refractivity contribution in [3.05, 3.63) is 63.2 Å².